The summed E-state index contributed by atoms with van der Waals surface area (Å²) in [6.07, 6.45) is 8.44. The Hall–Kier alpha value is -1.94. The predicted octanol–water partition coefficient (Wildman–Crippen LogP) is 7.41. The highest BCUT2D eigenvalue weighted by molar-refractivity contribution is 5.70. The number of carbonyl (C=O) groups is 2. The molecule has 1 heterocycles. The van der Waals surface area contributed by atoms with Gasteiger partial charge in [0.25, 0.3) is 0 Å². The Kier molecular flexibility index (Phi) is 21.1. The van der Waals surface area contributed by atoms with Crippen LogP contribution in [-0.2, 0) is 19.1 Å². The van der Waals surface area contributed by atoms with Crippen molar-refractivity contribution in [2.45, 2.75) is 86.0 Å². The molecule has 0 aromatic heterocycles. The normalized spacial score (nSPS) is 13.9. The number of carbonyl (C=O) groups excluding carboxylic acids is 2. The number of esters is 1. The zero-order valence-corrected chi connectivity index (χ0v) is 21.5. The van der Waals surface area contributed by atoms with E-state index >= 15 is 0 Å². The van der Waals surface area contributed by atoms with E-state index in [9.17, 15) is 9.59 Å². The van der Waals surface area contributed by atoms with Crippen LogP contribution in [0.3, 0.4) is 0 Å². The van der Waals surface area contributed by atoms with Crippen LogP contribution in [0.15, 0.2) is 48.6 Å². The van der Waals surface area contributed by atoms with Crippen molar-refractivity contribution in [1.82, 2.24) is 0 Å². The van der Waals surface area contributed by atoms with E-state index in [1.165, 1.54) is 18.4 Å². The molecule has 2 unspecified atom stereocenters. The van der Waals surface area contributed by atoms with Gasteiger partial charge in [-0.15, -0.1) is 13.2 Å². The van der Waals surface area contributed by atoms with Gasteiger partial charge in [-0.3, -0.25) is 4.79 Å². The van der Waals surface area contributed by atoms with Gasteiger partial charge >= 0.3 is 5.97 Å². The van der Waals surface area contributed by atoms with Crippen molar-refractivity contribution in [2.75, 3.05) is 19.8 Å². The molecular weight excluding hydrogens is 400 g/mol. The third kappa shape index (κ3) is 21.3. The number of aldehydes is 1. The van der Waals surface area contributed by atoms with Crippen molar-refractivity contribution in [3.63, 3.8) is 0 Å². The summed E-state index contributed by atoms with van der Waals surface area (Å²) in [7, 11) is 0. The van der Waals surface area contributed by atoms with E-state index in [4.69, 9.17) is 9.47 Å². The fraction of sp³-hybridized carbons (Fsp3) is 0.643. The van der Waals surface area contributed by atoms with Gasteiger partial charge in [0.2, 0.25) is 0 Å². The summed E-state index contributed by atoms with van der Waals surface area (Å²) in [5.74, 6) is 0.437. The Balaban J connectivity index is 0. The Morgan fingerprint density at radius 3 is 1.69 bits per heavy atom. The molecule has 0 spiro atoms. The first-order chi connectivity index (χ1) is 15.0. The average Bonchev–Trinajstić information content (AvgIpc) is 3.28. The van der Waals surface area contributed by atoms with Crippen LogP contribution in [0, 0.1) is 11.8 Å². The summed E-state index contributed by atoms with van der Waals surface area (Å²) < 4.78 is 9.87. The molecule has 0 aromatic carbocycles. The molecule has 0 N–H and O–H groups in total. The van der Waals surface area contributed by atoms with E-state index in [2.05, 4.69) is 26.3 Å². The highest BCUT2D eigenvalue weighted by atomic mass is 16.5. The lowest BCUT2D eigenvalue weighted by atomic mass is 9.91. The van der Waals surface area contributed by atoms with Gasteiger partial charge in [0.05, 0.1) is 13.0 Å². The van der Waals surface area contributed by atoms with Crippen molar-refractivity contribution in [1.29, 1.82) is 0 Å². The van der Waals surface area contributed by atoms with E-state index in [0.717, 1.165) is 61.9 Å². The molecule has 1 rings (SSSR count). The Labute approximate surface area is 197 Å². The Morgan fingerprint density at radius 1 is 0.906 bits per heavy atom. The van der Waals surface area contributed by atoms with E-state index < -0.39 is 0 Å². The average molecular weight is 449 g/mol. The van der Waals surface area contributed by atoms with Gasteiger partial charge in [-0.05, 0) is 85.0 Å². The molecule has 0 bridgehead atoms. The van der Waals surface area contributed by atoms with Crippen molar-refractivity contribution in [2.24, 2.45) is 11.8 Å². The second kappa shape index (κ2) is 20.9. The van der Waals surface area contributed by atoms with Gasteiger partial charge in [-0.25, -0.2) is 0 Å². The number of hydrogen-bond acceptors (Lipinski definition) is 4. The fourth-order valence-corrected chi connectivity index (χ4v) is 2.98. The van der Waals surface area contributed by atoms with Crippen LogP contribution in [0.2, 0.25) is 0 Å². The second-order valence-electron chi connectivity index (χ2n) is 8.81. The molecule has 1 aliphatic rings. The maximum Gasteiger partial charge on any atom is 0.306 e. The molecule has 0 aromatic rings. The number of hydrogen-bond donors (Lipinski definition) is 0. The molecule has 0 amide bonds. The first-order valence-electron chi connectivity index (χ1n) is 11.8. The molecular formula is C28H48O4. The molecule has 4 nitrogen and oxygen atoms in total. The minimum absolute atomic E-state index is 0.132. The van der Waals surface area contributed by atoms with Crippen molar-refractivity contribution < 1.29 is 19.1 Å². The lowest BCUT2D eigenvalue weighted by Crippen LogP contribution is -2.12. The molecule has 2 atom stereocenters. The van der Waals surface area contributed by atoms with Gasteiger partial charge < -0.3 is 14.3 Å². The third-order valence-corrected chi connectivity index (χ3v) is 5.16. The zero-order valence-electron chi connectivity index (χ0n) is 21.5. The summed E-state index contributed by atoms with van der Waals surface area (Å²) >= 11 is 0. The molecule has 1 saturated heterocycles. The summed E-state index contributed by atoms with van der Waals surface area (Å²) in [6, 6.07) is 0. The predicted molar refractivity (Wildman–Crippen MR) is 137 cm³/mol. The maximum atomic E-state index is 11.3. The molecule has 0 radical (unpaired) electrons. The van der Waals surface area contributed by atoms with Crippen LogP contribution in [0.25, 0.3) is 0 Å². The molecule has 1 fully saturated rings. The minimum atomic E-state index is -0.132. The van der Waals surface area contributed by atoms with E-state index in [0.29, 0.717) is 25.4 Å². The molecule has 4 heteroatoms. The SMILES string of the molecule is C1CCOC1.C=C(C)CCC(CC(=O)OCC)C(=C)C.C=C(C)CCC(CC=O)C(=C)C. The second-order valence-corrected chi connectivity index (χ2v) is 8.81. The minimum Gasteiger partial charge on any atom is -0.466 e. The lowest BCUT2D eigenvalue weighted by Gasteiger charge is -2.15. The van der Waals surface area contributed by atoms with E-state index in [1.54, 1.807) is 0 Å². The van der Waals surface area contributed by atoms with Crippen LogP contribution in [0.1, 0.15) is 86.0 Å². The molecule has 0 aliphatic carbocycles. The van der Waals surface area contributed by atoms with Crippen LogP contribution in [0.5, 0.6) is 0 Å². The fourth-order valence-electron chi connectivity index (χ4n) is 2.98. The number of allylic oxidation sites excluding steroid dienone is 4. The Morgan fingerprint density at radius 2 is 1.38 bits per heavy atom. The van der Waals surface area contributed by atoms with Crippen molar-refractivity contribution >= 4 is 12.3 Å². The number of rotatable bonds is 13. The molecule has 0 saturated carbocycles. The number of ether oxygens (including phenoxy) is 2. The highest BCUT2D eigenvalue weighted by Crippen LogP contribution is 2.22. The summed E-state index contributed by atoms with van der Waals surface area (Å²) in [5, 5.41) is 0. The summed E-state index contributed by atoms with van der Waals surface area (Å²) in [6.45, 7) is 27.7. The van der Waals surface area contributed by atoms with Crippen LogP contribution >= 0.6 is 0 Å². The summed E-state index contributed by atoms with van der Waals surface area (Å²) in [4.78, 5) is 21.6. The van der Waals surface area contributed by atoms with Crippen LogP contribution < -0.4 is 0 Å². The standard InChI is InChI=1S/C13H22O2.C11H18O.C4H8O/c1-6-15-13(14)9-12(11(4)5)8-7-10(2)3;1-9(2)5-6-11(7-8-12)10(3)4;1-2-4-5-3-1/h12H,2,4,6-9H2,1,3,5H3;8,11H,1,3,5-7H2,2,4H3;1-4H2. The molecule has 1 aliphatic heterocycles. The van der Waals surface area contributed by atoms with Crippen LogP contribution in [-0.4, -0.2) is 32.1 Å². The van der Waals surface area contributed by atoms with Crippen LogP contribution in [0.4, 0.5) is 0 Å². The zero-order chi connectivity index (χ0) is 24.9. The monoisotopic (exact) mass is 448 g/mol. The van der Waals surface area contributed by atoms with Gasteiger partial charge in [0.15, 0.2) is 0 Å². The largest absolute Gasteiger partial charge is 0.466 e. The first-order valence-corrected chi connectivity index (χ1v) is 11.8. The van der Waals surface area contributed by atoms with Crippen molar-refractivity contribution in [3.05, 3.63) is 48.6 Å². The third-order valence-electron chi connectivity index (χ3n) is 5.16. The van der Waals surface area contributed by atoms with E-state index in [1.807, 2.05) is 34.6 Å². The Bertz CT molecular complexity index is 577. The van der Waals surface area contributed by atoms with Gasteiger partial charge in [-0.2, -0.15) is 0 Å². The first kappa shape index (κ1) is 32.2. The molecule has 184 valence electrons. The topological polar surface area (TPSA) is 52.6 Å². The highest BCUT2D eigenvalue weighted by Gasteiger charge is 2.15. The quantitative estimate of drug-likeness (QED) is 0.167. The van der Waals surface area contributed by atoms with E-state index in [-0.39, 0.29) is 11.9 Å². The van der Waals surface area contributed by atoms with Gasteiger partial charge in [-0.1, -0.05) is 35.5 Å². The van der Waals surface area contributed by atoms with Crippen molar-refractivity contribution in [3.8, 4) is 0 Å². The molecule has 32 heavy (non-hydrogen) atoms. The lowest BCUT2D eigenvalue weighted by molar-refractivity contribution is -0.144. The smallest absolute Gasteiger partial charge is 0.306 e. The van der Waals surface area contributed by atoms with Gasteiger partial charge in [0.1, 0.15) is 6.29 Å². The summed E-state index contributed by atoms with van der Waals surface area (Å²) in [5.41, 5.74) is 4.46. The maximum absolute atomic E-state index is 11.3. The van der Waals surface area contributed by atoms with Gasteiger partial charge in [0, 0.05) is 19.6 Å².